The number of hydrogen-bond donors (Lipinski definition) is 1. The lowest BCUT2D eigenvalue weighted by atomic mass is 10.1. The molecule has 0 spiro atoms. The van der Waals surface area contributed by atoms with Crippen LogP contribution in [0.15, 0.2) is 65.6 Å². The van der Waals surface area contributed by atoms with E-state index < -0.39 is 11.7 Å². The van der Waals surface area contributed by atoms with E-state index in [-0.39, 0.29) is 34.8 Å². The van der Waals surface area contributed by atoms with Crippen LogP contribution in [0.25, 0.3) is 11.4 Å². The molecule has 2 heterocycles. The molecule has 2 aromatic carbocycles. The number of benzene rings is 2. The van der Waals surface area contributed by atoms with E-state index in [0.717, 1.165) is 11.4 Å². The molecule has 0 aliphatic heterocycles. The summed E-state index contributed by atoms with van der Waals surface area (Å²) < 4.78 is 22.5. The summed E-state index contributed by atoms with van der Waals surface area (Å²) in [5.74, 6) is -1.33. The number of pyridine rings is 1. The first kappa shape index (κ1) is 26.3. The van der Waals surface area contributed by atoms with Crippen LogP contribution in [0.4, 0.5) is 10.1 Å². The smallest absolute Gasteiger partial charge is 0.269 e. The summed E-state index contributed by atoms with van der Waals surface area (Å²) >= 11 is 0. The van der Waals surface area contributed by atoms with Crippen LogP contribution in [-0.4, -0.2) is 46.7 Å². The summed E-state index contributed by atoms with van der Waals surface area (Å²) in [5.41, 5.74) is 8.43. The van der Waals surface area contributed by atoms with E-state index in [4.69, 9.17) is 10.5 Å². The number of aryl methyl sites for hydroxylation is 1. The van der Waals surface area contributed by atoms with E-state index in [1.165, 1.54) is 16.8 Å². The predicted molar refractivity (Wildman–Crippen MR) is 142 cm³/mol. The van der Waals surface area contributed by atoms with Gasteiger partial charge in [0.05, 0.1) is 12.3 Å². The molecule has 38 heavy (non-hydrogen) atoms. The Kier molecular flexibility index (Phi) is 7.71. The molecule has 10 heteroatoms. The molecule has 4 aromatic rings. The third kappa shape index (κ3) is 5.19. The average Bonchev–Trinajstić information content (AvgIpc) is 3.29. The number of aldehydes is 1. The van der Waals surface area contributed by atoms with E-state index in [1.807, 2.05) is 42.3 Å². The highest BCUT2D eigenvalue weighted by Crippen LogP contribution is 2.24. The molecule has 4 rings (SSSR count). The second-order valence-corrected chi connectivity index (χ2v) is 8.71. The van der Waals surface area contributed by atoms with Crippen LogP contribution in [-0.2, 0) is 6.42 Å². The van der Waals surface area contributed by atoms with Gasteiger partial charge in [-0.1, -0.05) is 6.07 Å². The van der Waals surface area contributed by atoms with Gasteiger partial charge in [-0.3, -0.25) is 19.0 Å². The number of carbonyl (C=O) groups is 2. The zero-order chi connectivity index (χ0) is 27.4. The second kappa shape index (κ2) is 11.1. The number of likely N-dealkylation sites (N-methyl/N-ethyl adjacent to an activating group) is 1. The molecule has 0 radical (unpaired) electrons. The van der Waals surface area contributed by atoms with E-state index in [0.29, 0.717) is 30.6 Å². The first-order chi connectivity index (χ1) is 18.2. The molecule has 0 unspecified atom stereocenters. The van der Waals surface area contributed by atoms with Crippen molar-refractivity contribution in [3.8, 4) is 17.1 Å². The molecule has 196 valence electrons. The number of anilines is 1. The van der Waals surface area contributed by atoms with Gasteiger partial charge in [-0.2, -0.15) is 5.10 Å². The molecule has 0 fully saturated rings. The van der Waals surface area contributed by atoms with Crippen LogP contribution in [0.2, 0.25) is 0 Å². The first-order valence-corrected chi connectivity index (χ1v) is 12.0. The average molecular weight is 518 g/mol. The van der Waals surface area contributed by atoms with E-state index in [2.05, 4.69) is 5.10 Å². The van der Waals surface area contributed by atoms with Crippen LogP contribution in [0.5, 0.6) is 5.75 Å². The Morgan fingerprint density at radius 2 is 1.87 bits per heavy atom. The molecule has 2 N–H and O–H groups in total. The van der Waals surface area contributed by atoms with Gasteiger partial charge >= 0.3 is 0 Å². The third-order valence-corrected chi connectivity index (χ3v) is 6.23. The maximum Gasteiger partial charge on any atom is 0.269 e. The van der Waals surface area contributed by atoms with Gasteiger partial charge in [0.2, 0.25) is 0 Å². The Hall–Kier alpha value is -4.73. The molecule has 9 nitrogen and oxygen atoms in total. The van der Waals surface area contributed by atoms with Crippen molar-refractivity contribution in [1.82, 2.24) is 14.3 Å². The fraction of sp³-hybridized carbons (Fsp3) is 0.214. The molecule has 2 aromatic heterocycles. The predicted octanol–water partition coefficient (Wildman–Crippen LogP) is 3.46. The Morgan fingerprint density at radius 3 is 2.50 bits per heavy atom. The van der Waals surface area contributed by atoms with Gasteiger partial charge < -0.3 is 15.4 Å². The number of nitrogens with zero attached hydrogens (tertiary/aromatic N) is 4. The lowest BCUT2D eigenvalue weighted by Crippen LogP contribution is -2.23. The highest BCUT2D eigenvalue weighted by molar-refractivity contribution is 5.95. The summed E-state index contributed by atoms with van der Waals surface area (Å²) in [6.07, 6.45) is 2.58. The van der Waals surface area contributed by atoms with Crippen molar-refractivity contribution in [2.45, 2.75) is 20.3 Å². The standard InChI is InChI=1S/C28H28FN5O4/c1-4-38-25-12-11-21(16-23(25)29)34-24(17-35)22(26(31-34)27(30)36)13-15-32(3)19-7-9-20(10-8-19)33-14-5-6-18(2)28(33)37/h5-12,14,16-17H,4,13,15H2,1-3H3,(H2,30,36). The topological polar surface area (TPSA) is 112 Å². The number of aromatic nitrogens is 3. The largest absolute Gasteiger partial charge is 0.491 e. The van der Waals surface area contributed by atoms with Crippen LogP contribution in [0.1, 0.15) is 39.0 Å². The second-order valence-electron chi connectivity index (χ2n) is 8.71. The van der Waals surface area contributed by atoms with Crippen LogP contribution < -0.4 is 20.9 Å². The molecule has 0 aliphatic carbocycles. The quantitative estimate of drug-likeness (QED) is 0.323. The minimum Gasteiger partial charge on any atom is -0.491 e. The van der Waals surface area contributed by atoms with Gasteiger partial charge in [0.15, 0.2) is 23.5 Å². The van der Waals surface area contributed by atoms with Crippen molar-refractivity contribution in [1.29, 1.82) is 0 Å². The van der Waals surface area contributed by atoms with Crippen LogP contribution >= 0.6 is 0 Å². The number of rotatable bonds is 10. The zero-order valence-electron chi connectivity index (χ0n) is 21.3. The van der Waals surface area contributed by atoms with Crippen molar-refractivity contribution in [2.24, 2.45) is 5.73 Å². The fourth-order valence-electron chi connectivity index (χ4n) is 4.20. The SMILES string of the molecule is CCOc1ccc(-n2nc(C(N)=O)c(CCN(C)c3ccc(-n4cccc(C)c4=O)cc3)c2C=O)cc1F. The summed E-state index contributed by atoms with van der Waals surface area (Å²) in [4.78, 5) is 38.6. The zero-order valence-corrected chi connectivity index (χ0v) is 21.3. The van der Waals surface area contributed by atoms with E-state index >= 15 is 0 Å². The number of nitrogens with two attached hydrogens (primary N) is 1. The summed E-state index contributed by atoms with van der Waals surface area (Å²) in [6.45, 7) is 4.24. The lowest BCUT2D eigenvalue weighted by Gasteiger charge is -2.20. The van der Waals surface area contributed by atoms with Gasteiger partial charge in [0, 0.05) is 48.4 Å². The molecule has 0 bridgehead atoms. The van der Waals surface area contributed by atoms with Gasteiger partial charge in [-0.15, -0.1) is 0 Å². The molecule has 0 saturated heterocycles. The van der Waals surface area contributed by atoms with Gasteiger partial charge in [0.1, 0.15) is 5.69 Å². The van der Waals surface area contributed by atoms with Crippen molar-refractivity contribution in [3.63, 3.8) is 0 Å². The normalized spacial score (nSPS) is 10.8. The van der Waals surface area contributed by atoms with Crippen LogP contribution in [0.3, 0.4) is 0 Å². The highest BCUT2D eigenvalue weighted by atomic mass is 19.1. The number of ether oxygens (including phenoxy) is 1. The Balaban J connectivity index is 1.58. The molecule has 0 atom stereocenters. The van der Waals surface area contributed by atoms with Gasteiger partial charge in [-0.25, -0.2) is 9.07 Å². The summed E-state index contributed by atoms with van der Waals surface area (Å²) in [6, 6.07) is 15.2. The van der Waals surface area contributed by atoms with E-state index in [1.54, 1.807) is 36.7 Å². The van der Waals surface area contributed by atoms with Gasteiger partial charge in [-0.05, 0) is 62.7 Å². The number of primary amides is 1. The monoisotopic (exact) mass is 517 g/mol. The first-order valence-electron chi connectivity index (χ1n) is 12.0. The molecule has 0 aliphatic rings. The highest BCUT2D eigenvalue weighted by Gasteiger charge is 2.23. The number of carbonyl (C=O) groups excluding carboxylic acids is 2. The molecule has 1 amide bonds. The Morgan fingerprint density at radius 1 is 1.16 bits per heavy atom. The Labute approximate surface area is 218 Å². The number of hydrogen-bond acceptors (Lipinski definition) is 6. The third-order valence-electron chi connectivity index (χ3n) is 6.23. The maximum absolute atomic E-state index is 14.5. The van der Waals surface area contributed by atoms with Crippen molar-refractivity contribution in [2.75, 3.05) is 25.1 Å². The molecule has 0 saturated carbocycles. The van der Waals surface area contributed by atoms with E-state index in [9.17, 15) is 18.8 Å². The fourth-order valence-corrected chi connectivity index (χ4v) is 4.20. The number of halogens is 1. The maximum atomic E-state index is 14.5. The Bertz CT molecular complexity index is 1540. The van der Waals surface area contributed by atoms with Crippen molar-refractivity contribution in [3.05, 3.63) is 99.5 Å². The minimum absolute atomic E-state index is 0.0519. The molecular weight excluding hydrogens is 489 g/mol. The number of amides is 1. The summed E-state index contributed by atoms with van der Waals surface area (Å²) in [7, 11) is 1.87. The van der Waals surface area contributed by atoms with Crippen LogP contribution in [0, 0.1) is 12.7 Å². The summed E-state index contributed by atoms with van der Waals surface area (Å²) in [5, 5.41) is 4.23. The van der Waals surface area contributed by atoms with Gasteiger partial charge in [0.25, 0.3) is 11.5 Å². The lowest BCUT2D eigenvalue weighted by molar-refractivity contribution is 0.0994. The van der Waals surface area contributed by atoms with Crippen molar-refractivity contribution < 1.29 is 18.7 Å². The minimum atomic E-state index is -0.788. The molecular formula is C28H28FN5O4. The van der Waals surface area contributed by atoms with Crippen molar-refractivity contribution >= 4 is 17.9 Å².